The Morgan fingerprint density at radius 2 is 2.17 bits per heavy atom. The molecule has 1 rings (SSSR count). The monoisotopic (exact) mass is 252 g/mol. The number of hydrogen-bond donors (Lipinski definition) is 1. The van der Waals surface area contributed by atoms with Crippen molar-refractivity contribution in [1.29, 1.82) is 0 Å². The van der Waals surface area contributed by atoms with Crippen molar-refractivity contribution in [1.82, 2.24) is 0 Å². The zero-order valence-electron chi connectivity index (χ0n) is 6.31. The van der Waals surface area contributed by atoms with Crippen LogP contribution in [-0.2, 0) is 0 Å². The number of benzene rings is 1. The van der Waals surface area contributed by atoms with Gasteiger partial charge in [-0.05, 0) is 35.0 Å². The minimum atomic E-state index is -0.686. The molecule has 1 unspecified atom stereocenters. The van der Waals surface area contributed by atoms with Gasteiger partial charge in [0.05, 0.1) is 10.6 Å². The topological polar surface area (TPSA) is 20.2 Å². The highest BCUT2D eigenvalue weighted by molar-refractivity contribution is 9.10. The summed E-state index contributed by atoms with van der Waals surface area (Å²) < 4.78 is 13.1. The van der Waals surface area contributed by atoms with Crippen LogP contribution in [0.4, 0.5) is 4.39 Å². The molecule has 0 heterocycles. The minimum Gasteiger partial charge on any atom is -0.389 e. The van der Waals surface area contributed by atoms with Gasteiger partial charge in [-0.25, -0.2) is 4.39 Å². The molecular formula is C8H7BrClFO. The highest BCUT2D eigenvalue weighted by atomic mass is 79.9. The van der Waals surface area contributed by atoms with Gasteiger partial charge in [0.15, 0.2) is 0 Å². The Morgan fingerprint density at radius 1 is 1.58 bits per heavy atom. The van der Waals surface area contributed by atoms with Crippen molar-refractivity contribution in [3.63, 3.8) is 0 Å². The fourth-order valence-electron chi connectivity index (χ4n) is 0.858. The van der Waals surface area contributed by atoms with Crippen LogP contribution < -0.4 is 0 Å². The van der Waals surface area contributed by atoms with Gasteiger partial charge in [-0.15, -0.1) is 0 Å². The highest BCUT2D eigenvalue weighted by Crippen LogP contribution is 2.28. The standard InChI is InChI=1S/C8H7BrClFO/c1-4(12)5-2-6(9)8(11)3-7(5)10/h2-4,12H,1H3. The highest BCUT2D eigenvalue weighted by Gasteiger charge is 2.10. The summed E-state index contributed by atoms with van der Waals surface area (Å²) in [6.45, 7) is 1.57. The van der Waals surface area contributed by atoms with E-state index < -0.39 is 11.9 Å². The van der Waals surface area contributed by atoms with Crippen LogP contribution in [0.25, 0.3) is 0 Å². The van der Waals surface area contributed by atoms with Gasteiger partial charge in [-0.3, -0.25) is 0 Å². The first kappa shape index (κ1) is 9.96. The zero-order chi connectivity index (χ0) is 9.30. The average Bonchev–Trinajstić information content (AvgIpc) is 1.96. The van der Waals surface area contributed by atoms with Gasteiger partial charge in [0.1, 0.15) is 5.82 Å². The van der Waals surface area contributed by atoms with E-state index in [4.69, 9.17) is 11.6 Å². The van der Waals surface area contributed by atoms with E-state index in [1.54, 1.807) is 6.92 Å². The van der Waals surface area contributed by atoms with Crippen molar-refractivity contribution in [2.24, 2.45) is 0 Å². The average molecular weight is 253 g/mol. The third-order valence-electron chi connectivity index (χ3n) is 1.49. The maximum atomic E-state index is 12.8. The van der Waals surface area contributed by atoms with Gasteiger partial charge in [-0.1, -0.05) is 11.6 Å². The molecule has 0 spiro atoms. The van der Waals surface area contributed by atoms with Crippen molar-refractivity contribution in [3.05, 3.63) is 33.0 Å². The van der Waals surface area contributed by atoms with E-state index >= 15 is 0 Å². The first-order valence-corrected chi connectivity index (χ1v) is 4.52. The second kappa shape index (κ2) is 3.73. The van der Waals surface area contributed by atoms with Crippen LogP contribution in [-0.4, -0.2) is 5.11 Å². The summed E-state index contributed by atoms with van der Waals surface area (Å²) in [6, 6.07) is 2.65. The summed E-state index contributed by atoms with van der Waals surface area (Å²) >= 11 is 8.68. The van der Waals surface area contributed by atoms with Crippen molar-refractivity contribution in [2.45, 2.75) is 13.0 Å². The largest absolute Gasteiger partial charge is 0.389 e. The predicted molar refractivity (Wildman–Crippen MR) is 49.7 cm³/mol. The summed E-state index contributed by atoms with van der Waals surface area (Å²) in [6.07, 6.45) is -0.686. The number of halogens is 3. The maximum absolute atomic E-state index is 12.8. The first-order chi connectivity index (χ1) is 5.52. The van der Waals surface area contributed by atoms with E-state index in [1.165, 1.54) is 12.1 Å². The molecule has 0 saturated heterocycles. The molecule has 1 nitrogen and oxygen atoms in total. The number of hydrogen-bond acceptors (Lipinski definition) is 1. The second-order valence-electron chi connectivity index (χ2n) is 2.46. The lowest BCUT2D eigenvalue weighted by Crippen LogP contribution is -1.93. The van der Waals surface area contributed by atoms with Crippen LogP contribution in [0, 0.1) is 5.82 Å². The Balaban J connectivity index is 3.23. The maximum Gasteiger partial charge on any atom is 0.138 e. The molecule has 4 heteroatoms. The fraction of sp³-hybridized carbons (Fsp3) is 0.250. The summed E-state index contributed by atoms with van der Waals surface area (Å²) in [7, 11) is 0. The van der Waals surface area contributed by atoms with E-state index in [-0.39, 0.29) is 5.02 Å². The van der Waals surface area contributed by atoms with Crippen molar-refractivity contribution in [3.8, 4) is 0 Å². The van der Waals surface area contributed by atoms with E-state index in [1.807, 2.05) is 0 Å². The van der Waals surface area contributed by atoms with E-state index in [9.17, 15) is 9.50 Å². The summed E-state index contributed by atoms with van der Waals surface area (Å²) in [5, 5.41) is 9.43. The number of rotatable bonds is 1. The fourth-order valence-corrected chi connectivity index (χ4v) is 1.53. The molecule has 12 heavy (non-hydrogen) atoms. The van der Waals surface area contributed by atoms with Crippen molar-refractivity contribution in [2.75, 3.05) is 0 Å². The van der Waals surface area contributed by atoms with E-state index in [0.717, 1.165) is 0 Å². The van der Waals surface area contributed by atoms with Crippen molar-refractivity contribution >= 4 is 27.5 Å². The lowest BCUT2D eigenvalue weighted by molar-refractivity contribution is 0.199. The summed E-state index contributed by atoms with van der Waals surface area (Å²) in [5.74, 6) is -0.426. The molecule has 1 atom stereocenters. The molecule has 1 N–H and O–H groups in total. The Kier molecular flexibility index (Phi) is 3.09. The van der Waals surface area contributed by atoms with Gasteiger partial charge in [0.25, 0.3) is 0 Å². The van der Waals surface area contributed by atoms with Crippen LogP contribution in [0.15, 0.2) is 16.6 Å². The van der Waals surface area contributed by atoms with Gasteiger partial charge >= 0.3 is 0 Å². The molecule has 0 aliphatic heterocycles. The Labute approximate surface area is 83.3 Å². The SMILES string of the molecule is CC(O)c1cc(Br)c(F)cc1Cl. The Hall–Kier alpha value is -0.120. The molecule has 0 amide bonds. The Morgan fingerprint density at radius 3 is 2.67 bits per heavy atom. The van der Waals surface area contributed by atoms with E-state index in [0.29, 0.717) is 10.0 Å². The van der Waals surface area contributed by atoms with Crippen LogP contribution >= 0.6 is 27.5 Å². The zero-order valence-corrected chi connectivity index (χ0v) is 8.66. The molecule has 0 radical (unpaired) electrons. The van der Waals surface area contributed by atoms with Gasteiger partial charge in [0, 0.05) is 10.6 Å². The molecule has 0 saturated carbocycles. The van der Waals surface area contributed by atoms with Crippen LogP contribution in [0.1, 0.15) is 18.6 Å². The first-order valence-electron chi connectivity index (χ1n) is 3.35. The van der Waals surface area contributed by atoms with Crippen LogP contribution in [0.3, 0.4) is 0 Å². The third kappa shape index (κ3) is 1.97. The molecule has 1 aromatic rings. The van der Waals surface area contributed by atoms with Gasteiger partial charge in [-0.2, -0.15) is 0 Å². The molecule has 66 valence electrons. The molecule has 0 aromatic heterocycles. The van der Waals surface area contributed by atoms with E-state index in [2.05, 4.69) is 15.9 Å². The molecule has 0 bridgehead atoms. The lowest BCUT2D eigenvalue weighted by Gasteiger charge is -2.07. The summed E-state index contributed by atoms with van der Waals surface area (Å²) in [5.41, 5.74) is 0.518. The molecule has 0 fully saturated rings. The normalized spacial score (nSPS) is 13.1. The molecular weight excluding hydrogens is 246 g/mol. The third-order valence-corrected chi connectivity index (χ3v) is 2.42. The predicted octanol–water partition coefficient (Wildman–Crippen LogP) is 3.29. The Bertz CT molecular complexity index is 301. The van der Waals surface area contributed by atoms with Crippen molar-refractivity contribution < 1.29 is 9.50 Å². The molecule has 0 aliphatic carbocycles. The minimum absolute atomic E-state index is 0.241. The smallest absolute Gasteiger partial charge is 0.138 e. The van der Waals surface area contributed by atoms with Gasteiger partial charge in [0.2, 0.25) is 0 Å². The number of aliphatic hydroxyl groups is 1. The number of aliphatic hydroxyl groups excluding tert-OH is 1. The van der Waals surface area contributed by atoms with Crippen LogP contribution in [0.2, 0.25) is 5.02 Å². The van der Waals surface area contributed by atoms with Crippen LogP contribution in [0.5, 0.6) is 0 Å². The molecule has 0 aliphatic rings. The lowest BCUT2D eigenvalue weighted by atomic mass is 10.1. The molecule has 1 aromatic carbocycles. The van der Waals surface area contributed by atoms with Gasteiger partial charge < -0.3 is 5.11 Å². The summed E-state index contributed by atoms with van der Waals surface area (Å²) in [4.78, 5) is 0. The quantitative estimate of drug-likeness (QED) is 0.762. The second-order valence-corrected chi connectivity index (χ2v) is 3.73.